The van der Waals surface area contributed by atoms with Gasteiger partial charge >= 0.3 is 0 Å². The van der Waals surface area contributed by atoms with Crippen LogP contribution in [0.3, 0.4) is 0 Å². The van der Waals surface area contributed by atoms with Gasteiger partial charge in [0.1, 0.15) is 0 Å². The highest BCUT2D eigenvalue weighted by atomic mass is 32.1. The summed E-state index contributed by atoms with van der Waals surface area (Å²) < 4.78 is 0. The molecule has 0 spiro atoms. The van der Waals surface area contributed by atoms with Crippen molar-refractivity contribution in [2.75, 3.05) is 19.7 Å². The fraction of sp³-hybridized carbons (Fsp3) is 0.750. The van der Waals surface area contributed by atoms with Crippen LogP contribution in [0.4, 0.5) is 0 Å². The van der Waals surface area contributed by atoms with Gasteiger partial charge in [0.2, 0.25) is 0 Å². The predicted molar refractivity (Wildman–Crippen MR) is 68.8 cm³/mol. The highest BCUT2D eigenvalue weighted by Gasteiger charge is 2.24. The minimum absolute atomic E-state index is 0.0584. The number of thiazole rings is 1. The lowest BCUT2D eigenvalue weighted by molar-refractivity contribution is 0.113. The average Bonchev–Trinajstić information content (AvgIpc) is 2.83. The molecule has 0 bridgehead atoms. The molecule has 0 aliphatic rings. The van der Waals surface area contributed by atoms with Gasteiger partial charge in [-0.1, -0.05) is 13.8 Å². The third-order valence-corrected chi connectivity index (χ3v) is 4.17. The second-order valence-corrected chi connectivity index (χ2v) is 5.20. The predicted octanol–water partition coefficient (Wildman–Crippen LogP) is 2.07. The molecule has 4 heteroatoms. The van der Waals surface area contributed by atoms with Crippen LogP contribution in [-0.4, -0.2) is 29.8 Å². The van der Waals surface area contributed by atoms with E-state index < -0.39 is 0 Å². The molecule has 0 aliphatic carbocycles. The lowest BCUT2D eigenvalue weighted by Crippen LogP contribution is -2.37. The summed E-state index contributed by atoms with van der Waals surface area (Å²) in [6, 6.07) is 0. The standard InChI is InChI=1S/C12H22N2OS/c1-3-12(4-2,10-15)9-13-6-5-11-14-7-8-16-11/h7-8,13,15H,3-6,9-10H2,1-2H3. The molecule has 0 aromatic carbocycles. The van der Waals surface area contributed by atoms with Crippen LogP contribution in [0.2, 0.25) is 0 Å². The van der Waals surface area contributed by atoms with Crippen molar-refractivity contribution in [3.05, 3.63) is 16.6 Å². The molecule has 16 heavy (non-hydrogen) atoms. The van der Waals surface area contributed by atoms with Crippen molar-refractivity contribution in [1.29, 1.82) is 0 Å². The molecule has 0 aliphatic heterocycles. The summed E-state index contributed by atoms with van der Waals surface area (Å²) in [7, 11) is 0. The Morgan fingerprint density at radius 3 is 2.69 bits per heavy atom. The molecule has 92 valence electrons. The van der Waals surface area contributed by atoms with Crippen LogP contribution in [0.25, 0.3) is 0 Å². The lowest BCUT2D eigenvalue weighted by atomic mass is 9.83. The van der Waals surface area contributed by atoms with E-state index in [4.69, 9.17) is 0 Å². The van der Waals surface area contributed by atoms with Crippen molar-refractivity contribution in [1.82, 2.24) is 10.3 Å². The van der Waals surface area contributed by atoms with Crippen molar-refractivity contribution in [3.8, 4) is 0 Å². The van der Waals surface area contributed by atoms with Crippen molar-refractivity contribution in [3.63, 3.8) is 0 Å². The SMILES string of the molecule is CCC(CC)(CO)CNCCc1nccs1. The minimum Gasteiger partial charge on any atom is -0.396 e. The molecule has 3 nitrogen and oxygen atoms in total. The third kappa shape index (κ3) is 3.85. The Bertz CT molecular complexity index is 262. The Morgan fingerprint density at radius 2 is 2.19 bits per heavy atom. The number of nitrogens with one attached hydrogen (secondary N) is 1. The minimum atomic E-state index is 0.0584. The van der Waals surface area contributed by atoms with Gasteiger partial charge < -0.3 is 10.4 Å². The van der Waals surface area contributed by atoms with Gasteiger partial charge in [-0.2, -0.15) is 0 Å². The second-order valence-electron chi connectivity index (χ2n) is 4.22. The van der Waals surface area contributed by atoms with Crippen molar-refractivity contribution >= 4 is 11.3 Å². The van der Waals surface area contributed by atoms with Gasteiger partial charge in [0.15, 0.2) is 0 Å². The average molecular weight is 242 g/mol. The maximum Gasteiger partial charge on any atom is 0.0937 e. The number of hydrogen-bond donors (Lipinski definition) is 2. The first-order valence-corrected chi connectivity index (χ1v) is 6.84. The van der Waals surface area contributed by atoms with Crippen LogP contribution in [0.1, 0.15) is 31.7 Å². The molecule has 0 saturated heterocycles. The summed E-state index contributed by atoms with van der Waals surface area (Å²) in [4.78, 5) is 4.24. The van der Waals surface area contributed by atoms with Gasteiger partial charge in [-0.25, -0.2) is 4.98 Å². The summed E-state index contributed by atoms with van der Waals surface area (Å²) in [5.41, 5.74) is 0.0584. The Morgan fingerprint density at radius 1 is 1.44 bits per heavy atom. The molecule has 1 aromatic heterocycles. The third-order valence-electron chi connectivity index (χ3n) is 3.33. The maximum absolute atomic E-state index is 9.41. The summed E-state index contributed by atoms with van der Waals surface area (Å²) in [6.45, 7) is 6.38. The first kappa shape index (κ1) is 13.6. The van der Waals surface area contributed by atoms with E-state index in [2.05, 4.69) is 24.1 Å². The van der Waals surface area contributed by atoms with Crippen molar-refractivity contribution in [2.24, 2.45) is 5.41 Å². The summed E-state index contributed by atoms with van der Waals surface area (Å²) >= 11 is 1.70. The zero-order valence-electron chi connectivity index (χ0n) is 10.2. The highest BCUT2D eigenvalue weighted by Crippen LogP contribution is 2.24. The number of aromatic nitrogens is 1. The number of aliphatic hydroxyl groups excluding tert-OH is 1. The molecule has 0 unspecified atom stereocenters. The first-order valence-electron chi connectivity index (χ1n) is 5.96. The molecular weight excluding hydrogens is 220 g/mol. The molecule has 1 heterocycles. The Kier molecular flexibility index (Phi) is 5.95. The molecule has 2 N–H and O–H groups in total. The smallest absolute Gasteiger partial charge is 0.0937 e. The largest absolute Gasteiger partial charge is 0.396 e. The van der Waals surface area contributed by atoms with Crippen LogP contribution in [0.5, 0.6) is 0 Å². The molecule has 0 amide bonds. The number of hydrogen-bond acceptors (Lipinski definition) is 4. The molecule has 0 saturated carbocycles. The van der Waals surface area contributed by atoms with Crippen LogP contribution >= 0.6 is 11.3 Å². The Labute approximate surface area is 102 Å². The Balaban J connectivity index is 2.23. The lowest BCUT2D eigenvalue weighted by Gasteiger charge is -2.29. The number of rotatable bonds is 8. The molecular formula is C12H22N2OS. The summed E-state index contributed by atoms with van der Waals surface area (Å²) in [5.74, 6) is 0. The maximum atomic E-state index is 9.41. The van der Waals surface area contributed by atoms with E-state index >= 15 is 0 Å². The summed E-state index contributed by atoms with van der Waals surface area (Å²) in [6.07, 6.45) is 4.86. The van der Waals surface area contributed by atoms with Gasteiger partial charge in [-0.3, -0.25) is 0 Å². The monoisotopic (exact) mass is 242 g/mol. The van der Waals surface area contributed by atoms with Crippen molar-refractivity contribution < 1.29 is 5.11 Å². The van der Waals surface area contributed by atoms with Gasteiger partial charge in [0.25, 0.3) is 0 Å². The topological polar surface area (TPSA) is 45.1 Å². The van der Waals surface area contributed by atoms with E-state index in [1.54, 1.807) is 11.3 Å². The molecule has 0 radical (unpaired) electrons. The number of nitrogens with zero attached hydrogens (tertiary/aromatic N) is 1. The molecule has 1 rings (SSSR count). The van der Waals surface area contributed by atoms with Gasteiger partial charge in [0.05, 0.1) is 5.01 Å². The quantitative estimate of drug-likeness (QED) is 0.686. The van der Waals surface area contributed by atoms with Gasteiger partial charge in [-0.05, 0) is 12.8 Å². The first-order chi connectivity index (χ1) is 7.76. The normalized spacial score (nSPS) is 11.9. The zero-order chi connectivity index (χ0) is 11.9. The van der Waals surface area contributed by atoms with Crippen LogP contribution in [0, 0.1) is 5.41 Å². The van der Waals surface area contributed by atoms with Gasteiger partial charge in [0, 0.05) is 43.1 Å². The Hall–Kier alpha value is -0.450. The van der Waals surface area contributed by atoms with Gasteiger partial charge in [-0.15, -0.1) is 11.3 Å². The van der Waals surface area contributed by atoms with E-state index in [-0.39, 0.29) is 12.0 Å². The van der Waals surface area contributed by atoms with Crippen LogP contribution in [-0.2, 0) is 6.42 Å². The number of aliphatic hydroxyl groups is 1. The summed E-state index contributed by atoms with van der Waals surface area (Å²) in [5, 5.41) is 16.0. The zero-order valence-corrected chi connectivity index (χ0v) is 11.0. The van der Waals surface area contributed by atoms with E-state index in [1.807, 2.05) is 11.6 Å². The van der Waals surface area contributed by atoms with Crippen LogP contribution < -0.4 is 5.32 Å². The van der Waals surface area contributed by atoms with Crippen molar-refractivity contribution in [2.45, 2.75) is 33.1 Å². The van der Waals surface area contributed by atoms with E-state index in [1.165, 1.54) is 5.01 Å². The fourth-order valence-corrected chi connectivity index (χ4v) is 2.33. The molecule has 0 fully saturated rings. The van der Waals surface area contributed by atoms with E-state index in [0.717, 1.165) is 32.4 Å². The van der Waals surface area contributed by atoms with E-state index in [9.17, 15) is 5.11 Å². The fourth-order valence-electron chi connectivity index (χ4n) is 1.70. The van der Waals surface area contributed by atoms with Crippen LogP contribution in [0.15, 0.2) is 11.6 Å². The molecule has 0 atom stereocenters. The second kappa shape index (κ2) is 6.99. The highest BCUT2D eigenvalue weighted by molar-refractivity contribution is 7.09. The van der Waals surface area contributed by atoms with E-state index in [0.29, 0.717) is 0 Å². The molecule has 1 aromatic rings.